The number of nitrogens with zero attached hydrogens (tertiary/aromatic N) is 1. The molecule has 0 fully saturated rings. The highest BCUT2D eigenvalue weighted by atomic mass is 127. The number of hydrogen-bond acceptors (Lipinski definition) is 3. The van der Waals surface area contributed by atoms with Gasteiger partial charge in [0.15, 0.2) is 5.96 Å². The Balaban J connectivity index is 0.00000420. The summed E-state index contributed by atoms with van der Waals surface area (Å²) in [6.07, 6.45) is -0.890. The van der Waals surface area contributed by atoms with Crippen LogP contribution in [0.3, 0.4) is 0 Å². The molecule has 2 unspecified atom stereocenters. The maximum Gasteiger partial charge on any atom is 0.191 e. The molecule has 5 nitrogen and oxygen atoms in total. The summed E-state index contributed by atoms with van der Waals surface area (Å²) in [6, 6.07) is 8.39. The number of hydrogen-bond donors (Lipinski definition) is 3. The van der Waals surface area contributed by atoms with Crippen LogP contribution in [-0.4, -0.2) is 36.9 Å². The zero-order chi connectivity index (χ0) is 20.5. The van der Waals surface area contributed by atoms with E-state index in [9.17, 15) is 18.3 Å². The van der Waals surface area contributed by atoms with Gasteiger partial charge in [0.25, 0.3) is 0 Å². The van der Waals surface area contributed by atoms with E-state index in [4.69, 9.17) is 4.74 Å². The largest absolute Gasteiger partial charge is 0.491 e. The van der Waals surface area contributed by atoms with Gasteiger partial charge < -0.3 is 20.5 Å². The van der Waals surface area contributed by atoms with Crippen molar-refractivity contribution in [2.75, 3.05) is 19.7 Å². The molecule has 2 rings (SSSR count). The summed E-state index contributed by atoms with van der Waals surface area (Å²) in [5.41, 5.74) is 0.298. The minimum atomic E-state index is -0.890. The number of aliphatic imine (C=N–C) groups is 1. The molecule has 0 radical (unpaired) electrons. The normalized spacial score (nSPS) is 13.2. The van der Waals surface area contributed by atoms with Crippen LogP contribution < -0.4 is 15.4 Å². The fourth-order valence-electron chi connectivity index (χ4n) is 2.43. The van der Waals surface area contributed by atoms with Crippen molar-refractivity contribution in [3.63, 3.8) is 0 Å². The van der Waals surface area contributed by atoms with Crippen molar-refractivity contribution in [3.05, 3.63) is 65.5 Å². The van der Waals surface area contributed by atoms with Gasteiger partial charge in [-0.1, -0.05) is 6.07 Å². The third-order valence-electron chi connectivity index (χ3n) is 3.84. The minimum Gasteiger partial charge on any atom is -0.491 e. The topological polar surface area (TPSA) is 65.9 Å². The van der Waals surface area contributed by atoms with E-state index in [0.717, 1.165) is 6.07 Å². The summed E-state index contributed by atoms with van der Waals surface area (Å²) in [6.45, 7) is 4.17. The number of aliphatic hydroxyl groups is 1. The number of benzene rings is 2. The van der Waals surface area contributed by atoms with Crippen molar-refractivity contribution in [1.82, 2.24) is 10.6 Å². The van der Waals surface area contributed by atoms with Crippen molar-refractivity contribution in [2.24, 2.45) is 4.99 Å². The van der Waals surface area contributed by atoms with E-state index in [1.165, 1.54) is 36.4 Å². The monoisotopic (exact) mass is 523 g/mol. The second-order valence-electron chi connectivity index (χ2n) is 6.17. The number of aliphatic hydroxyl groups excluding tert-OH is 1. The van der Waals surface area contributed by atoms with Gasteiger partial charge in [-0.3, -0.25) is 4.99 Å². The Morgan fingerprint density at radius 1 is 1.10 bits per heavy atom. The SMILES string of the molecule is CCNC(=NCC(O)COc1ccc(F)cc1)NC(C)c1ccc(F)cc1F.I. The first kappa shape index (κ1) is 25.0. The molecule has 0 aliphatic heterocycles. The molecule has 0 saturated carbocycles. The summed E-state index contributed by atoms with van der Waals surface area (Å²) in [4.78, 5) is 4.26. The molecule has 0 amide bonds. The lowest BCUT2D eigenvalue weighted by Crippen LogP contribution is -2.39. The fraction of sp³-hybridized carbons (Fsp3) is 0.350. The molecule has 0 spiro atoms. The molecule has 0 saturated heterocycles. The Morgan fingerprint density at radius 2 is 1.76 bits per heavy atom. The third kappa shape index (κ3) is 8.48. The van der Waals surface area contributed by atoms with Crippen LogP contribution in [0.1, 0.15) is 25.5 Å². The van der Waals surface area contributed by atoms with E-state index in [2.05, 4.69) is 15.6 Å². The van der Waals surface area contributed by atoms with E-state index in [-0.39, 0.29) is 42.9 Å². The van der Waals surface area contributed by atoms with Crippen LogP contribution in [0.25, 0.3) is 0 Å². The molecule has 0 heterocycles. The summed E-state index contributed by atoms with van der Waals surface area (Å²) in [5.74, 6) is -0.845. The van der Waals surface area contributed by atoms with Crippen molar-refractivity contribution in [1.29, 1.82) is 0 Å². The summed E-state index contributed by atoms with van der Waals surface area (Å²) in [5, 5.41) is 16.1. The highest BCUT2D eigenvalue weighted by molar-refractivity contribution is 14.0. The van der Waals surface area contributed by atoms with E-state index in [1.54, 1.807) is 6.92 Å². The molecule has 0 aromatic heterocycles. The predicted molar refractivity (Wildman–Crippen MR) is 117 cm³/mol. The maximum atomic E-state index is 13.9. The van der Waals surface area contributed by atoms with Gasteiger partial charge in [0.1, 0.15) is 35.9 Å². The quantitative estimate of drug-likeness (QED) is 0.280. The molecule has 2 atom stereocenters. The van der Waals surface area contributed by atoms with E-state index in [0.29, 0.717) is 23.8 Å². The first-order valence-corrected chi connectivity index (χ1v) is 8.95. The van der Waals surface area contributed by atoms with E-state index >= 15 is 0 Å². The molecule has 0 aliphatic carbocycles. The van der Waals surface area contributed by atoms with Gasteiger partial charge in [-0.15, -0.1) is 24.0 Å². The summed E-state index contributed by atoms with van der Waals surface area (Å²) < 4.78 is 45.2. The van der Waals surface area contributed by atoms with Crippen LogP contribution in [0.15, 0.2) is 47.5 Å². The zero-order valence-electron chi connectivity index (χ0n) is 16.2. The van der Waals surface area contributed by atoms with Crippen molar-refractivity contribution >= 4 is 29.9 Å². The summed E-state index contributed by atoms with van der Waals surface area (Å²) >= 11 is 0. The van der Waals surface area contributed by atoms with Crippen LogP contribution in [-0.2, 0) is 0 Å². The van der Waals surface area contributed by atoms with Crippen LogP contribution in [0.5, 0.6) is 5.75 Å². The van der Waals surface area contributed by atoms with E-state index < -0.39 is 23.8 Å². The second-order valence-corrected chi connectivity index (χ2v) is 6.17. The number of ether oxygens (including phenoxy) is 1. The Labute approximate surface area is 185 Å². The Morgan fingerprint density at radius 3 is 2.38 bits per heavy atom. The second kappa shape index (κ2) is 12.5. The number of nitrogens with one attached hydrogen (secondary N) is 2. The summed E-state index contributed by atoms with van der Waals surface area (Å²) in [7, 11) is 0. The highest BCUT2D eigenvalue weighted by Gasteiger charge is 2.14. The molecule has 2 aromatic rings. The molecular weight excluding hydrogens is 498 g/mol. The fourth-order valence-corrected chi connectivity index (χ4v) is 2.43. The van der Waals surface area contributed by atoms with Crippen LogP contribution in [0.4, 0.5) is 13.2 Å². The average Bonchev–Trinajstić information content (AvgIpc) is 2.65. The van der Waals surface area contributed by atoms with Crippen LogP contribution in [0.2, 0.25) is 0 Å². The molecule has 9 heteroatoms. The van der Waals surface area contributed by atoms with Gasteiger partial charge in [0.2, 0.25) is 0 Å². The molecule has 2 aromatic carbocycles. The average molecular weight is 523 g/mol. The van der Waals surface area contributed by atoms with Gasteiger partial charge in [0.05, 0.1) is 12.6 Å². The zero-order valence-corrected chi connectivity index (χ0v) is 18.5. The Hall–Kier alpha value is -2.01. The van der Waals surface area contributed by atoms with Gasteiger partial charge in [-0.05, 0) is 44.2 Å². The highest BCUT2D eigenvalue weighted by Crippen LogP contribution is 2.17. The molecule has 0 aliphatic rings. The molecule has 0 bridgehead atoms. The first-order chi connectivity index (χ1) is 13.4. The van der Waals surface area contributed by atoms with Crippen LogP contribution >= 0.6 is 24.0 Å². The number of rotatable bonds is 8. The number of guanidine groups is 1. The Bertz CT molecular complexity index is 791. The standard InChI is InChI=1S/C20H24F3N3O2.HI/c1-3-24-20(26-13(2)18-9-6-15(22)10-19(18)23)25-11-16(27)12-28-17-7-4-14(21)5-8-17;/h4-10,13,16,27H,3,11-12H2,1-2H3,(H2,24,25,26);1H. The third-order valence-corrected chi connectivity index (χ3v) is 3.84. The molecule has 3 N–H and O–H groups in total. The molecular formula is C20H25F3IN3O2. The van der Waals surface area contributed by atoms with Crippen molar-refractivity contribution < 1.29 is 23.0 Å². The van der Waals surface area contributed by atoms with Gasteiger partial charge in [-0.2, -0.15) is 0 Å². The van der Waals surface area contributed by atoms with Gasteiger partial charge in [-0.25, -0.2) is 13.2 Å². The number of halogens is 4. The molecule has 29 heavy (non-hydrogen) atoms. The first-order valence-electron chi connectivity index (χ1n) is 8.95. The van der Waals surface area contributed by atoms with E-state index in [1.807, 2.05) is 6.92 Å². The van der Waals surface area contributed by atoms with Gasteiger partial charge >= 0.3 is 0 Å². The van der Waals surface area contributed by atoms with Crippen molar-refractivity contribution in [3.8, 4) is 5.75 Å². The lowest BCUT2D eigenvalue weighted by Gasteiger charge is -2.19. The predicted octanol–water partition coefficient (Wildman–Crippen LogP) is 3.78. The maximum absolute atomic E-state index is 13.9. The Kier molecular flexibility index (Phi) is 10.8. The lowest BCUT2D eigenvalue weighted by molar-refractivity contribution is 0.114. The minimum absolute atomic E-state index is 0. The molecule has 160 valence electrons. The van der Waals surface area contributed by atoms with Gasteiger partial charge in [0, 0.05) is 18.2 Å². The van der Waals surface area contributed by atoms with Crippen LogP contribution in [0, 0.1) is 17.5 Å². The van der Waals surface area contributed by atoms with Crippen molar-refractivity contribution in [2.45, 2.75) is 26.0 Å². The smallest absolute Gasteiger partial charge is 0.191 e. The lowest BCUT2D eigenvalue weighted by atomic mass is 10.1.